The smallest absolute Gasteiger partial charge is 0.307 e. The summed E-state index contributed by atoms with van der Waals surface area (Å²) in [5, 5.41) is 4.12. The SMILES string of the molecule is COc1cc(N2CCCCC2)c(OC)cc1/C=N/NC(=O)c1ccc(COc2ccc(-n3c(C)ccc3C)cc2)o1. The quantitative estimate of drug-likeness (QED) is 0.189. The van der Waals surface area contributed by atoms with Gasteiger partial charge in [-0.25, -0.2) is 5.43 Å². The third-order valence-corrected chi connectivity index (χ3v) is 7.23. The van der Waals surface area contributed by atoms with Crippen LogP contribution in [0.4, 0.5) is 5.69 Å². The highest BCUT2D eigenvalue weighted by molar-refractivity contribution is 5.93. The Hall–Kier alpha value is -4.66. The number of ether oxygens (including phenoxy) is 3. The minimum Gasteiger partial charge on any atom is -0.496 e. The van der Waals surface area contributed by atoms with E-state index >= 15 is 0 Å². The summed E-state index contributed by atoms with van der Waals surface area (Å²) in [5.74, 6) is 2.29. The molecule has 0 atom stereocenters. The number of benzene rings is 2. The third kappa shape index (κ3) is 6.40. The Balaban J connectivity index is 1.18. The highest BCUT2D eigenvalue weighted by Crippen LogP contribution is 2.36. The highest BCUT2D eigenvalue weighted by atomic mass is 16.5. The Morgan fingerprint density at radius 3 is 2.32 bits per heavy atom. The molecule has 0 unspecified atom stereocenters. The number of methoxy groups -OCH3 is 2. The van der Waals surface area contributed by atoms with Crippen LogP contribution in [0.1, 0.15) is 52.5 Å². The molecule has 2 aromatic heterocycles. The van der Waals surface area contributed by atoms with Crippen molar-refractivity contribution >= 4 is 17.8 Å². The van der Waals surface area contributed by atoms with Crippen molar-refractivity contribution in [2.75, 3.05) is 32.2 Å². The Kier molecular flexibility index (Phi) is 8.62. The summed E-state index contributed by atoms with van der Waals surface area (Å²) in [5.41, 5.74) is 7.62. The number of nitrogens with one attached hydrogen (secondary N) is 1. The lowest BCUT2D eigenvalue weighted by atomic mass is 10.1. The van der Waals surface area contributed by atoms with E-state index in [1.165, 1.54) is 24.0 Å². The Morgan fingerprint density at radius 2 is 1.63 bits per heavy atom. The number of anilines is 1. The van der Waals surface area contributed by atoms with Crippen LogP contribution in [0.3, 0.4) is 0 Å². The maximum absolute atomic E-state index is 12.6. The summed E-state index contributed by atoms with van der Waals surface area (Å²) in [7, 11) is 3.26. The molecule has 4 aromatic rings. The monoisotopic (exact) mass is 556 g/mol. The lowest BCUT2D eigenvalue weighted by molar-refractivity contribution is 0.0923. The van der Waals surface area contributed by atoms with Gasteiger partial charge in [0.05, 0.1) is 26.1 Å². The molecule has 0 radical (unpaired) electrons. The van der Waals surface area contributed by atoms with E-state index in [9.17, 15) is 4.79 Å². The first kappa shape index (κ1) is 27.9. The maximum atomic E-state index is 12.6. The molecule has 1 saturated heterocycles. The first-order valence-electron chi connectivity index (χ1n) is 13.8. The van der Waals surface area contributed by atoms with E-state index in [-0.39, 0.29) is 12.4 Å². The van der Waals surface area contributed by atoms with Gasteiger partial charge in [0.1, 0.15) is 29.6 Å². The van der Waals surface area contributed by atoms with Crippen LogP contribution in [0.25, 0.3) is 5.69 Å². The Morgan fingerprint density at radius 1 is 0.927 bits per heavy atom. The number of aromatic nitrogens is 1. The van der Waals surface area contributed by atoms with Crippen molar-refractivity contribution in [2.45, 2.75) is 39.7 Å². The lowest BCUT2D eigenvalue weighted by Crippen LogP contribution is -2.29. The lowest BCUT2D eigenvalue weighted by Gasteiger charge is -2.30. The van der Waals surface area contributed by atoms with Gasteiger partial charge in [0.25, 0.3) is 0 Å². The fourth-order valence-corrected chi connectivity index (χ4v) is 5.10. The van der Waals surface area contributed by atoms with Crippen LogP contribution in [0, 0.1) is 13.8 Å². The molecule has 0 spiro atoms. The van der Waals surface area contributed by atoms with Crippen molar-refractivity contribution in [3.8, 4) is 22.9 Å². The summed E-state index contributed by atoms with van der Waals surface area (Å²) in [6.45, 7) is 6.32. The molecule has 1 N–H and O–H groups in total. The van der Waals surface area contributed by atoms with Crippen LogP contribution in [-0.2, 0) is 6.61 Å². The normalized spacial score (nSPS) is 13.4. The number of nitrogens with zero attached hydrogens (tertiary/aromatic N) is 3. The molecular weight excluding hydrogens is 520 g/mol. The first-order chi connectivity index (χ1) is 20.0. The molecule has 0 saturated carbocycles. The molecular formula is C32H36N4O5. The number of piperidine rings is 1. The molecule has 0 bridgehead atoms. The van der Waals surface area contributed by atoms with Crippen molar-refractivity contribution in [3.63, 3.8) is 0 Å². The van der Waals surface area contributed by atoms with Gasteiger partial charge in [0.2, 0.25) is 0 Å². The minimum absolute atomic E-state index is 0.139. The second-order valence-corrected chi connectivity index (χ2v) is 10.0. The zero-order valence-electron chi connectivity index (χ0n) is 24.0. The summed E-state index contributed by atoms with van der Waals surface area (Å²) >= 11 is 0. The number of aryl methyl sites for hydroxylation is 2. The summed E-state index contributed by atoms with van der Waals surface area (Å²) < 4.78 is 25.0. The van der Waals surface area contributed by atoms with Crippen molar-refractivity contribution < 1.29 is 23.4 Å². The molecule has 41 heavy (non-hydrogen) atoms. The number of rotatable bonds is 10. The standard InChI is InChI=1S/C32H36N4O5/c1-22-8-9-23(2)36(22)25-10-12-26(13-11-25)40-21-27-14-15-29(41-27)32(37)34-33-20-24-18-31(39-4)28(19-30(24)38-3)35-16-6-5-7-17-35/h8-15,18-20H,5-7,16-17,21H2,1-4H3,(H,34,37)/b33-20+. The van der Waals surface area contributed by atoms with Gasteiger partial charge < -0.3 is 28.1 Å². The van der Waals surface area contributed by atoms with Gasteiger partial charge in [-0.2, -0.15) is 5.10 Å². The number of carbonyl (C=O) groups is 1. The van der Waals surface area contributed by atoms with E-state index in [0.717, 1.165) is 43.1 Å². The predicted octanol–water partition coefficient (Wildman–Crippen LogP) is 6.04. The van der Waals surface area contributed by atoms with Gasteiger partial charge in [0.15, 0.2) is 5.76 Å². The van der Waals surface area contributed by atoms with Gasteiger partial charge >= 0.3 is 5.91 Å². The zero-order valence-corrected chi connectivity index (χ0v) is 24.0. The van der Waals surface area contributed by atoms with E-state index < -0.39 is 5.91 Å². The Bertz CT molecular complexity index is 1490. The molecule has 214 valence electrons. The summed E-state index contributed by atoms with van der Waals surface area (Å²) in [6, 6.07) is 19.2. The number of carbonyl (C=O) groups excluding carboxylic acids is 1. The zero-order chi connectivity index (χ0) is 28.8. The van der Waals surface area contributed by atoms with Crippen LogP contribution >= 0.6 is 0 Å². The first-order valence-corrected chi connectivity index (χ1v) is 13.8. The average molecular weight is 557 g/mol. The van der Waals surface area contributed by atoms with Gasteiger partial charge in [-0.15, -0.1) is 0 Å². The van der Waals surface area contributed by atoms with E-state index in [4.69, 9.17) is 18.6 Å². The van der Waals surface area contributed by atoms with Crippen molar-refractivity contribution in [1.29, 1.82) is 0 Å². The van der Waals surface area contributed by atoms with Crippen LogP contribution in [0.15, 0.2) is 70.2 Å². The maximum Gasteiger partial charge on any atom is 0.307 e. The van der Waals surface area contributed by atoms with E-state index in [1.807, 2.05) is 36.4 Å². The highest BCUT2D eigenvalue weighted by Gasteiger charge is 2.18. The predicted molar refractivity (Wildman–Crippen MR) is 159 cm³/mol. The number of hydrazone groups is 1. The fraction of sp³-hybridized carbons (Fsp3) is 0.312. The molecule has 2 aromatic carbocycles. The number of furan rings is 1. The van der Waals surface area contributed by atoms with Gasteiger partial charge in [-0.1, -0.05) is 0 Å². The third-order valence-electron chi connectivity index (χ3n) is 7.23. The van der Waals surface area contributed by atoms with Crippen LogP contribution < -0.4 is 24.5 Å². The van der Waals surface area contributed by atoms with Crippen LogP contribution in [-0.4, -0.2) is 44.0 Å². The molecule has 9 nitrogen and oxygen atoms in total. The van der Waals surface area contributed by atoms with Crippen LogP contribution in [0.5, 0.6) is 17.2 Å². The molecule has 0 aliphatic carbocycles. The van der Waals surface area contributed by atoms with E-state index in [2.05, 4.69) is 46.0 Å². The van der Waals surface area contributed by atoms with Crippen molar-refractivity contribution in [2.24, 2.45) is 5.10 Å². The molecule has 9 heteroatoms. The summed E-state index contributed by atoms with van der Waals surface area (Å²) in [6.07, 6.45) is 5.09. The number of hydrogen-bond donors (Lipinski definition) is 1. The Labute approximate surface area is 240 Å². The largest absolute Gasteiger partial charge is 0.496 e. The van der Waals surface area contributed by atoms with E-state index in [1.54, 1.807) is 26.4 Å². The second-order valence-electron chi connectivity index (χ2n) is 10.0. The molecule has 5 rings (SSSR count). The fourth-order valence-electron chi connectivity index (χ4n) is 5.10. The van der Waals surface area contributed by atoms with Gasteiger partial charge in [0, 0.05) is 41.8 Å². The molecule has 1 fully saturated rings. The molecule has 1 aliphatic heterocycles. The van der Waals surface area contributed by atoms with Gasteiger partial charge in [-0.05, 0) is 87.7 Å². The minimum atomic E-state index is -0.467. The number of amides is 1. The average Bonchev–Trinajstić information content (AvgIpc) is 3.62. The van der Waals surface area contributed by atoms with E-state index in [0.29, 0.717) is 22.8 Å². The molecule has 1 aliphatic rings. The summed E-state index contributed by atoms with van der Waals surface area (Å²) in [4.78, 5) is 15.0. The van der Waals surface area contributed by atoms with Crippen molar-refractivity contribution in [1.82, 2.24) is 9.99 Å². The van der Waals surface area contributed by atoms with Crippen LogP contribution in [0.2, 0.25) is 0 Å². The molecule has 3 heterocycles. The van der Waals surface area contributed by atoms with Crippen molar-refractivity contribution in [3.05, 3.63) is 89.1 Å². The topological polar surface area (TPSA) is 90.5 Å². The number of hydrogen-bond acceptors (Lipinski definition) is 7. The molecule has 1 amide bonds. The van der Waals surface area contributed by atoms with Gasteiger partial charge in [-0.3, -0.25) is 4.79 Å². The second kappa shape index (κ2) is 12.7.